The molecule has 0 rings (SSSR count). The van der Waals surface area contributed by atoms with Crippen molar-refractivity contribution in [2.75, 3.05) is 6.61 Å². The highest BCUT2D eigenvalue weighted by Crippen LogP contribution is 2.23. The molecule has 60 valence electrons. The molecular formula is C3H5O6P-2. The molecule has 0 aliphatic heterocycles. The summed E-state index contributed by atoms with van der Waals surface area (Å²) in [7, 11) is -5.05. The molecule has 0 aromatic heterocycles. The zero-order valence-corrected chi connectivity index (χ0v) is 5.69. The third kappa shape index (κ3) is 5.87. The molecule has 0 amide bonds. The molecule has 0 aromatic carbocycles. The minimum absolute atomic E-state index is 0.0651. The SMILES string of the molecule is O=C[C@@H](O)COP(=O)([O-])[O-]. The average molecular weight is 168 g/mol. The van der Waals surface area contributed by atoms with Gasteiger partial charge in [0.05, 0.1) is 14.4 Å². The Bertz CT molecular complexity index is 149. The molecule has 0 aliphatic carbocycles. The summed E-state index contributed by atoms with van der Waals surface area (Å²) >= 11 is 0. The van der Waals surface area contributed by atoms with E-state index in [-0.39, 0.29) is 6.29 Å². The van der Waals surface area contributed by atoms with Gasteiger partial charge in [0.2, 0.25) is 0 Å². The number of phosphoric ester groups is 1. The lowest BCUT2D eigenvalue weighted by atomic mass is 10.4. The summed E-state index contributed by atoms with van der Waals surface area (Å²) in [6.45, 7) is -0.812. The number of rotatable bonds is 4. The van der Waals surface area contributed by atoms with E-state index < -0.39 is 20.5 Å². The summed E-state index contributed by atoms with van der Waals surface area (Å²) in [6, 6.07) is 0. The van der Waals surface area contributed by atoms with Gasteiger partial charge < -0.3 is 28.8 Å². The maximum absolute atomic E-state index is 9.67. The monoisotopic (exact) mass is 168 g/mol. The van der Waals surface area contributed by atoms with Gasteiger partial charge in [0.15, 0.2) is 6.29 Å². The molecule has 0 heterocycles. The highest BCUT2D eigenvalue weighted by Gasteiger charge is 2.01. The fourth-order valence-electron chi connectivity index (χ4n) is 0.207. The number of carbonyl (C=O) groups excluding carboxylic acids is 1. The largest absolute Gasteiger partial charge is 0.790 e. The third-order valence-corrected chi connectivity index (χ3v) is 1.03. The molecule has 6 nitrogen and oxygen atoms in total. The van der Waals surface area contributed by atoms with Crippen molar-refractivity contribution >= 4 is 14.1 Å². The molecule has 0 aliphatic rings. The number of aliphatic hydroxyl groups excluding tert-OH is 1. The van der Waals surface area contributed by atoms with Crippen molar-refractivity contribution in [3.63, 3.8) is 0 Å². The van der Waals surface area contributed by atoms with Crippen molar-refractivity contribution in [3.8, 4) is 0 Å². The van der Waals surface area contributed by atoms with Crippen molar-refractivity contribution in [1.29, 1.82) is 0 Å². The summed E-state index contributed by atoms with van der Waals surface area (Å²) in [6.07, 6.45) is -1.49. The summed E-state index contributed by atoms with van der Waals surface area (Å²) in [4.78, 5) is 28.9. The van der Waals surface area contributed by atoms with Crippen molar-refractivity contribution in [1.82, 2.24) is 0 Å². The maximum atomic E-state index is 9.67. The fraction of sp³-hybridized carbons (Fsp3) is 0.667. The van der Waals surface area contributed by atoms with Gasteiger partial charge in [-0.25, -0.2) is 0 Å². The van der Waals surface area contributed by atoms with Gasteiger partial charge in [-0.15, -0.1) is 0 Å². The Kier molecular flexibility index (Phi) is 3.70. The minimum atomic E-state index is -5.05. The molecule has 1 N–H and O–H groups in total. The fourth-order valence-corrected chi connectivity index (χ4v) is 0.542. The van der Waals surface area contributed by atoms with Gasteiger partial charge in [-0.1, -0.05) is 0 Å². The van der Waals surface area contributed by atoms with E-state index in [9.17, 15) is 19.1 Å². The lowest BCUT2D eigenvalue weighted by Gasteiger charge is -2.28. The van der Waals surface area contributed by atoms with Crippen molar-refractivity contribution < 1.29 is 28.8 Å². The van der Waals surface area contributed by atoms with Crippen LogP contribution >= 0.6 is 7.82 Å². The first-order valence-electron chi connectivity index (χ1n) is 2.25. The lowest BCUT2D eigenvalue weighted by molar-refractivity contribution is -0.342. The molecule has 0 saturated carbocycles. The third-order valence-electron chi connectivity index (χ3n) is 0.560. The molecule has 0 aromatic rings. The molecule has 0 fully saturated rings. The number of phosphoric acid groups is 1. The summed E-state index contributed by atoms with van der Waals surface area (Å²) in [5.74, 6) is 0. The lowest BCUT2D eigenvalue weighted by Crippen LogP contribution is -2.22. The van der Waals surface area contributed by atoms with Gasteiger partial charge in [-0.05, 0) is 0 Å². The Morgan fingerprint density at radius 2 is 2.20 bits per heavy atom. The Morgan fingerprint density at radius 1 is 1.70 bits per heavy atom. The quantitative estimate of drug-likeness (QED) is 0.363. The first-order valence-corrected chi connectivity index (χ1v) is 3.72. The van der Waals surface area contributed by atoms with Gasteiger partial charge in [-0.2, -0.15) is 0 Å². The summed E-state index contributed by atoms with van der Waals surface area (Å²) in [5.41, 5.74) is 0. The first kappa shape index (κ1) is 9.74. The van der Waals surface area contributed by atoms with Crippen LogP contribution in [0.5, 0.6) is 0 Å². The number of hydrogen-bond acceptors (Lipinski definition) is 6. The second kappa shape index (κ2) is 3.80. The molecule has 1 atom stereocenters. The van der Waals surface area contributed by atoms with E-state index in [0.717, 1.165) is 0 Å². The highest BCUT2D eigenvalue weighted by atomic mass is 31.2. The van der Waals surface area contributed by atoms with E-state index in [1.807, 2.05) is 0 Å². The summed E-state index contributed by atoms with van der Waals surface area (Å²) in [5, 5.41) is 8.33. The Balaban J connectivity index is 3.55. The first-order chi connectivity index (χ1) is 4.45. The molecular weight excluding hydrogens is 163 g/mol. The van der Waals surface area contributed by atoms with Crippen molar-refractivity contribution in [2.45, 2.75) is 6.10 Å². The molecule has 0 unspecified atom stereocenters. The molecule has 10 heavy (non-hydrogen) atoms. The molecule has 0 saturated heterocycles. The zero-order valence-electron chi connectivity index (χ0n) is 4.80. The van der Waals surface area contributed by atoms with Crippen LogP contribution < -0.4 is 9.79 Å². The normalized spacial score (nSPS) is 14.7. The minimum Gasteiger partial charge on any atom is -0.790 e. The zero-order chi connectivity index (χ0) is 8.20. The van der Waals surface area contributed by atoms with E-state index in [2.05, 4.69) is 4.52 Å². The van der Waals surface area contributed by atoms with Crippen LogP contribution in [-0.4, -0.2) is 24.1 Å². The van der Waals surface area contributed by atoms with Crippen LogP contribution in [0.25, 0.3) is 0 Å². The second-order valence-corrected chi connectivity index (χ2v) is 2.60. The van der Waals surface area contributed by atoms with E-state index in [1.165, 1.54) is 0 Å². The predicted octanol–water partition coefficient (Wildman–Crippen LogP) is -2.61. The Labute approximate surface area is 56.7 Å². The smallest absolute Gasteiger partial charge is 0.150 e. The van der Waals surface area contributed by atoms with Crippen LogP contribution in [0.3, 0.4) is 0 Å². The van der Waals surface area contributed by atoms with Gasteiger partial charge in [0, 0.05) is 0 Å². The second-order valence-electron chi connectivity index (χ2n) is 1.45. The van der Waals surface area contributed by atoms with E-state index in [4.69, 9.17) is 5.11 Å². The Hall–Kier alpha value is -0.260. The van der Waals surface area contributed by atoms with Crippen LogP contribution in [0.2, 0.25) is 0 Å². The van der Waals surface area contributed by atoms with Crippen molar-refractivity contribution in [3.05, 3.63) is 0 Å². The van der Waals surface area contributed by atoms with Crippen molar-refractivity contribution in [2.24, 2.45) is 0 Å². The topological polar surface area (TPSA) is 110 Å². The number of aliphatic hydroxyl groups is 1. The van der Waals surface area contributed by atoms with Gasteiger partial charge in [0.25, 0.3) is 0 Å². The molecule has 0 radical (unpaired) electrons. The van der Waals surface area contributed by atoms with Crippen LogP contribution in [-0.2, 0) is 13.9 Å². The molecule has 0 bridgehead atoms. The van der Waals surface area contributed by atoms with Gasteiger partial charge >= 0.3 is 0 Å². The van der Waals surface area contributed by atoms with Crippen LogP contribution in [0.1, 0.15) is 0 Å². The predicted molar refractivity (Wildman–Crippen MR) is 25.6 cm³/mol. The summed E-state index contributed by atoms with van der Waals surface area (Å²) < 4.78 is 13.2. The highest BCUT2D eigenvalue weighted by molar-refractivity contribution is 7.43. The number of aldehydes is 1. The average Bonchev–Trinajstić information content (AvgIpc) is 1.81. The number of hydrogen-bond donors (Lipinski definition) is 1. The molecule has 7 heteroatoms. The van der Waals surface area contributed by atoms with E-state index in [0.29, 0.717) is 0 Å². The van der Waals surface area contributed by atoms with Crippen LogP contribution in [0.15, 0.2) is 0 Å². The van der Waals surface area contributed by atoms with Gasteiger partial charge in [-0.3, -0.25) is 0 Å². The number of carbonyl (C=O) groups is 1. The van der Waals surface area contributed by atoms with Crippen LogP contribution in [0, 0.1) is 0 Å². The maximum Gasteiger partial charge on any atom is 0.150 e. The standard InChI is InChI=1S/C3H7O6P/c4-1-3(5)2-9-10(6,7)8/h1,3,5H,2H2,(H2,6,7,8)/p-2/t3-/m1/s1. The van der Waals surface area contributed by atoms with Gasteiger partial charge in [0.1, 0.15) is 6.10 Å². The van der Waals surface area contributed by atoms with Crippen LogP contribution in [0.4, 0.5) is 0 Å². The van der Waals surface area contributed by atoms with E-state index in [1.54, 1.807) is 0 Å². The van der Waals surface area contributed by atoms with E-state index >= 15 is 0 Å². The Morgan fingerprint density at radius 3 is 2.50 bits per heavy atom. The molecule has 0 spiro atoms.